The van der Waals surface area contributed by atoms with E-state index in [0.717, 1.165) is 0 Å². The molecule has 0 unspecified atom stereocenters. The van der Waals surface area contributed by atoms with E-state index in [1.165, 1.54) is 6.07 Å². The SMILES string of the molecule is CN(C)c1nc2ccc(NC(=O)c3c(F)ccc(F)c3F)cc2[nH]1. The minimum Gasteiger partial charge on any atom is -0.349 e. The van der Waals surface area contributed by atoms with Crippen molar-refractivity contribution in [2.24, 2.45) is 0 Å². The molecule has 0 saturated heterocycles. The fraction of sp³-hybridized carbons (Fsp3) is 0.125. The van der Waals surface area contributed by atoms with Gasteiger partial charge in [-0.05, 0) is 30.3 Å². The molecule has 1 aromatic heterocycles. The van der Waals surface area contributed by atoms with Crippen LogP contribution in [0.4, 0.5) is 24.8 Å². The van der Waals surface area contributed by atoms with E-state index in [1.807, 2.05) is 14.1 Å². The van der Waals surface area contributed by atoms with Gasteiger partial charge in [-0.3, -0.25) is 4.79 Å². The van der Waals surface area contributed by atoms with Gasteiger partial charge in [0.05, 0.1) is 11.0 Å². The number of anilines is 2. The largest absolute Gasteiger partial charge is 0.349 e. The van der Waals surface area contributed by atoms with Crippen molar-refractivity contribution in [3.8, 4) is 0 Å². The van der Waals surface area contributed by atoms with Gasteiger partial charge in [0.1, 0.15) is 11.4 Å². The van der Waals surface area contributed by atoms with E-state index in [0.29, 0.717) is 34.8 Å². The summed E-state index contributed by atoms with van der Waals surface area (Å²) in [4.78, 5) is 21.2. The van der Waals surface area contributed by atoms with Crippen LogP contribution in [-0.2, 0) is 0 Å². The monoisotopic (exact) mass is 334 g/mol. The highest BCUT2D eigenvalue weighted by Gasteiger charge is 2.21. The Balaban J connectivity index is 1.92. The second kappa shape index (κ2) is 5.88. The summed E-state index contributed by atoms with van der Waals surface area (Å²) < 4.78 is 40.5. The van der Waals surface area contributed by atoms with Crippen molar-refractivity contribution >= 4 is 28.6 Å². The first-order valence-electron chi connectivity index (χ1n) is 6.99. The molecule has 0 saturated carbocycles. The molecule has 8 heteroatoms. The Morgan fingerprint density at radius 3 is 2.54 bits per heavy atom. The first-order chi connectivity index (χ1) is 11.4. The van der Waals surface area contributed by atoms with Gasteiger partial charge in [0.15, 0.2) is 11.6 Å². The molecule has 3 rings (SSSR count). The number of rotatable bonds is 3. The minimum absolute atomic E-state index is 0.296. The Labute approximate surface area is 135 Å². The first-order valence-corrected chi connectivity index (χ1v) is 6.99. The third-order valence-corrected chi connectivity index (χ3v) is 3.42. The Bertz CT molecular complexity index is 936. The van der Waals surface area contributed by atoms with Gasteiger partial charge < -0.3 is 15.2 Å². The van der Waals surface area contributed by atoms with Gasteiger partial charge in [-0.15, -0.1) is 0 Å². The van der Waals surface area contributed by atoms with Crippen LogP contribution < -0.4 is 10.2 Å². The number of aromatic nitrogens is 2. The molecule has 0 aliphatic heterocycles. The van der Waals surface area contributed by atoms with Crippen LogP contribution in [-0.4, -0.2) is 30.0 Å². The third-order valence-electron chi connectivity index (χ3n) is 3.42. The molecule has 124 valence electrons. The highest BCUT2D eigenvalue weighted by Crippen LogP contribution is 2.22. The number of hydrogen-bond donors (Lipinski definition) is 2. The molecular weight excluding hydrogens is 321 g/mol. The summed E-state index contributed by atoms with van der Waals surface area (Å²) in [5, 5.41) is 2.35. The standard InChI is InChI=1S/C16H13F3N4O/c1-23(2)16-21-11-6-3-8(7-12(11)22-16)20-15(24)13-9(17)4-5-10(18)14(13)19/h3-7H,1-2H3,(H,20,24)(H,21,22). The average molecular weight is 334 g/mol. The van der Waals surface area contributed by atoms with Crippen LogP contribution in [0.15, 0.2) is 30.3 Å². The maximum atomic E-state index is 13.7. The zero-order valence-electron chi connectivity index (χ0n) is 12.8. The number of carbonyl (C=O) groups excluding carboxylic acids is 1. The molecule has 0 atom stereocenters. The van der Waals surface area contributed by atoms with Gasteiger partial charge in [-0.25, -0.2) is 18.2 Å². The van der Waals surface area contributed by atoms with E-state index in [4.69, 9.17) is 0 Å². The van der Waals surface area contributed by atoms with Crippen LogP contribution in [0.5, 0.6) is 0 Å². The number of nitrogens with one attached hydrogen (secondary N) is 2. The molecule has 0 fully saturated rings. The Kier molecular flexibility index (Phi) is 3.88. The Morgan fingerprint density at radius 1 is 1.12 bits per heavy atom. The molecule has 0 bridgehead atoms. The van der Waals surface area contributed by atoms with Crippen molar-refractivity contribution in [2.75, 3.05) is 24.3 Å². The van der Waals surface area contributed by atoms with Gasteiger partial charge in [-0.2, -0.15) is 0 Å². The van der Waals surface area contributed by atoms with Crippen molar-refractivity contribution in [3.63, 3.8) is 0 Å². The first kappa shape index (κ1) is 15.9. The molecule has 2 N–H and O–H groups in total. The van der Waals surface area contributed by atoms with Crippen molar-refractivity contribution < 1.29 is 18.0 Å². The number of imidazole rings is 1. The zero-order valence-corrected chi connectivity index (χ0v) is 12.8. The number of nitrogens with zero attached hydrogens (tertiary/aromatic N) is 2. The van der Waals surface area contributed by atoms with Crippen LogP contribution in [0.3, 0.4) is 0 Å². The quantitative estimate of drug-likeness (QED) is 0.723. The number of benzene rings is 2. The number of hydrogen-bond acceptors (Lipinski definition) is 3. The fourth-order valence-corrected chi connectivity index (χ4v) is 2.21. The van der Waals surface area contributed by atoms with Crippen LogP contribution in [0.1, 0.15) is 10.4 Å². The Hall–Kier alpha value is -3.03. The lowest BCUT2D eigenvalue weighted by atomic mass is 10.1. The molecule has 1 heterocycles. The Morgan fingerprint density at radius 2 is 1.83 bits per heavy atom. The van der Waals surface area contributed by atoms with E-state index in [-0.39, 0.29) is 0 Å². The summed E-state index contributed by atoms with van der Waals surface area (Å²) in [6, 6.07) is 6.08. The topological polar surface area (TPSA) is 61.0 Å². The highest BCUT2D eigenvalue weighted by atomic mass is 19.2. The molecule has 3 aromatic rings. The summed E-state index contributed by atoms with van der Waals surface area (Å²) in [7, 11) is 3.63. The number of amides is 1. The lowest BCUT2D eigenvalue weighted by molar-refractivity contribution is 0.101. The van der Waals surface area contributed by atoms with E-state index >= 15 is 0 Å². The zero-order chi connectivity index (χ0) is 17.4. The molecule has 5 nitrogen and oxygen atoms in total. The molecular formula is C16H13F3N4O. The lowest BCUT2D eigenvalue weighted by Crippen LogP contribution is -2.16. The third kappa shape index (κ3) is 2.78. The number of H-pyrrole nitrogens is 1. The summed E-state index contributed by atoms with van der Waals surface area (Å²) in [5.41, 5.74) is 0.634. The van der Waals surface area contributed by atoms with Crippen molar-refractivity contribution in [3.05, 3.63) is 53.3 Å². The van der Waals surface area contributed by atoms with Crippen molar-refractivity contribution in [1.82, 2.24) is 9.97 Å². The summed E-state index contributed by atoms with van der Waals surface area (Å²) in [6.07, 6.45) is 0. The molecule has 0 aliphatic rings. The predicted molar refractivity (Wildman–Crippen MR) is 84.7 cm³/mol. The molecule has 2 aromatic carbocycles. The van der Waals surface area contributed by atoms with Crippen LogP contribution in [0.25, 0.3) is 11.0 Å². The molecule has 0 spiro atoms. The van der Waals surface area contributed by atoms with E-state index in [9.17, 15) is 18.0 Å². The van der Waals surface area contributed by atoms with Gasteiger partial charge >= 0.3 is 0 Å². The van der Waals surface area contributed by atoms with Crippen molar-refractivity contribution in [1.29, 1.82) is 0 Å². The van der Waals surface area contributed by atoms with Gasteiger partial charge in [-0.1, -0.05) is 0 Å². The van der Waals surface area contributed by atoms with Gasteiger partial charge in [0, 0.05) is 19.8 Å². The maximum absolute atomic E-state index is 13.7. The average Bonchev–Trinajstić information content (AvgIpc) is 2.95. The number of halogens is 3. The number of aromatic amines is 1. The summed E-state index contributed by atoms with van der Waals surface area (Å²) in [6.45, 7) is 0. The van der Waals surface area contributed by atoms with Crippen LogP contribution in [0.2, 0.25) is 0 Å². The second-order valence-electron chi connectivity index (χ2n) is 5.36. The molecule has 0 radical (unpaired) electrons. The van der Waals surface area contributed by atoms with E-state index in [1.54, 1.807) is 17.0 Å². The predicted octanol–water partition coefficient (Wildman–Crippen LogP) is 3.30. The summed E-state index contributed by atoms with van der Waals surface area (Å²) >= 11 is 0. The number of fused-ring (bicyclic) bond motifs is 1. The van der Waals surface area contributed by atoms with Gasteiger partial charge in [0.2, 0.25) is 5.95 Å². The van der Waals surface area contributed by atoms with Crippen LogP contribution in [0, 0.1) is 17.5 Å². The second-order valence-corrected chi connectivity index (χ2v) is 5.36. The fourth-order valence-electron chi connectivity index (χ4n) is 2.21. The lowest BCUT2D eigenvalue weighted by Gasteiger charge is -2.07. The van der Waals surface area contributed by atoms with E-state index < -0.39 is 28.9 Å². The normalized spacial score (nSPS) is 10.9. The summed E-state index contributed by atoms with van der Waals surface area (Å²) in [5.74, 6) is -4.40. The minimum atomic E-state index is -1.52. The maximum Gasteiger partial charge on any atom is 0.261 e. The van der Waals surface area contributed by atoms with Crippen molar-refractivity contribution in [2.45, 2.75) is 0 Å². The molecule has 0 aliphatic carbocycles. The smallest absolute Gasteiger partial charge is 0.261 e. The van der Waals surface area contributed by atoms with Gasteiger partial charge in [0.25, 0.3) is 5.91 Å². The highest BCUT2D eigenvalue weighted by molar-refractivity contribution is 6.05. The van der Waals surface area contributed by atoms with Crippen LogP contribution >= 0.6 is 0 Å². The number of carbonyl (C=O) groups is 1. The van der Waals surface area contributed by atoms with E-state index in [2.05, 4.69) is 15.3 Å². The molecule has 1 amide bonds. The molecule has 24 heavy (non-hydrogen) atoms.